The molecule has 0 saturated heterocycles. The molecule has 5 heteroatoms. The van der Waals surface area contributed by atoms with Crippen LogP contribution in [0.25, 0.3) is 0 Å². The van der Waals surface area contributed by atoms with Crippen molar-refractivity contribution in [2.24, 2.45) is 5.92 Å². The first-order valence-electron chi connectivity index (χ1n) is 8.77. The van der Waals surface area contributed by atoms with Crippen molar-refractivity contribution in [2.75, 3.05) is 13.2 Å². The number of esters is 1. The van der Waals surface area contributed by atoms with Gasteiger partial charge in [0.25, 0.3) is 0 Å². The van der Waals surface area contributed by atoms with Gasteiger partial charge in [-0.2, -0.15) is 0 Å². The smallest absolute Gasteiger partial charge is 0.408 e. The summed E-state index contributed by atoms with van der Waals surface area (Å²) in [5.41, 5.74) is 0. The van der Waals surface area contributed by atoms with E-state index in [1.807, 2.05) is 13.8 Å². The van der Waals surface area contributed by atoms with Crippen LogP contribution in [0.5, 0.6) is 0 Å². The molecule has 0 aliphatic rings. The molecule has 1 unspecified atom stereocenters. The first-order valence-corrected chi connectivity index (χ1v) is 8.77. The predicted molar refractivity (Wildman–Crippen MR) is 92.3 cm³/mol. The first-order chi connectivity index (χ1) is 11.1. The zero-order chi connectivity index (χ0) is 17.5. The van der Waals surface area contributed by atoms with Crippen LogP contribution in [0, 0.1) is 5.92 Å². The average Bonchev–Trinajstić information content (AvgIpc) is 2.56. The predicted octanol–water partition coefficient (Wildman–Crippen LogP) is 4.22. The van der Waals surface area contributed by atoms with Crippen molar-refractivity contribution in [1.29, 1.82) is 0 Å². The molecule has 0 aromatic rings. The summed E-state index contributed by atoms with van der Waals surface area (Å²) in [6.45, 7) is 10.1. The molecule has 5 nitrogen and oxygen atoms in total. The summed E-state index contributed by atoms with van der Waals surface area (Å²) in [5, 5.41) is 2.59. The summed E-state index contributed by atoms with van der Waals surface area (Å²) in [6.07, 6.45) is 8.44. The molecule has 2 atom stereocenters. The summed E-state index contributed by atoms with van der Waals surface area (Å²) in [4.78, 5) is 23.8. The van der Waals surface area contributed by atoms with E-state index in [0.29, 0.717) is 6.61 Å². The van der Waals surface area contributed by atoms with Crippen LogP contribution in [-0.2, 0) is 14.3 Å². The number of rotatable bonds is 13. The van der Waals surface area contributed by atoms with E-state index >= 15 is 0 Å². The molecule has 0 fully saturated rings. The second kappa shape index (κ2) is 14.1. The fraction of sp³-hybridized carbons (Fsp3) is 0.778. The van der Waals surface area contributed by atoms with Crippen LogP contribution in [0.3, 0.4) is 0 Å². The molecule has 0 aliphatic carbocycles. The van der Waals surface area contributed by atoms with Crippen LogP contribution in [0.1, 0.15) is 65.7 Å². The highest BCUT2D eigenvalue weighted by Gasteiger charge is 2.27. The third kappa shape index (κ3) is 10.8. The van der Waals surface area contributed by atoms with Gasteiger partial charge in [0.2, 0.25) is 0 Å². The van der Waals surface area contributed by atoms with Crippen molar-refractivity contribution in [3.63, 3.8) is 0 Å². The number of nitrogens with one attached hydrogen (secondary N) is 1. The maximum absolute atomic E-state index is 12.2. The maximum atomic E-state index is 12.2. The first kappa shape index (κ1) is 21.5. The quantitative estimate of drug-likeness (QED) is 0.312. The third-order valence-electron chi connectivity index (χ3n) is 3.81. The molecule has 0 bridgehead atoms. The highest BCUT2D eigenvalue weighted by Crippen LogP contribution is 2.11. The lowest BCUT2D eigenvalue weighted by Crippen LogP contribution is -2.46. The number of amides is 1. The van der Waals surface area contributed by atoms with Crippen molar-refractivity contribution in [1.82, 2.24) is 5.32 Å². The molecule has 0 radical (unpaired) electrons. The van der Waals surface area contributed by atoms with Crippen molar-refractivity contribution >= 4 is 12.1 Å². The SMILES string of the molecule is C=CCOC(=O)N[C@H](C(=O)OCCCCCCCC)C(C)CC. The number of carbonyl (C=O) groups is 2. The van der Waals surface area contributed by atoms with Crippen LogP contribution < -0.4 is 5.32 Å². The van der Waals surface area contributed by atoms with E-state index in [2.05, 4.69) is 18.8 Å². The van der Waals surface area contributed by atoms with E-state index < -0.39 is 12.1 Å². The lowest BCUT2D eigenvalue weighted by molar-refractivity contribution is -0.147. The van der Waals surface area contributed by atoms with Gasteiger partial charge in [-0.05, 0) is 12.3 Å². The van der Waals surface area contributed by atoms with E-state index in [-0.39, 0.29) is 18.5 Å². The molecular weight excluding hydrogens is 294 g/mol. The lowest BCUT2D eigenvalue weighted by Gasteiger charge is -2.22. The monoisotopic (exact) mass is 327 g/mol. The summed E-state index contributed by atoms with van der Waals surface area (Å²) in [5.74, 6) is -0.396. The lowest BCUT2D eigenvalue weighted by atomic mass is 9.99. The van der Waals surface area contributed by atoms with Crippen LogP contribution >= 0.6 is 0 Å². The van der Waals surface area contributed by atoms with Gasteiger partial charge in [-0.3, -0.25) is 0 Å². The fourth-order valence-electron chi connectivity index (χ4n) is 2.12. The highest BCUT2D eigenvalue weighted by molar-refractivity contribution is 5.81. The average molecular weight is 327 g/mol. The molecule has 0 aromatic heterocycles. The van der Waals surface area contributed by atoms with Gasteiger partial charge in [0.15, 0.2) is 0 Å². The molecule has 134 valence electrons. The van der Waals surface area contributed by atoms with Gasteiger partial charge in [0, 0.05) is 0 Å². The van der Waals surface area contributed by atoms with Gasteiger partial charge < -0.3 is 14.8 Å². The maximum Gasteiger partial charge on any atom is 0.408 e. The van der Waals surface area contributed by atoms with Gasteiger partial charge in [-0.1, -0.05) is 72.0 Å². The summed E-state index contributed by atoms with van der Waals surface area (Å²) in [7, 11) is 0. The normalized spacial score (nSPS) is 13.0. The standard InChI is InChI=1S/C18H33NO4/c1-5-8-9-10-11-12-14-22-17(20)16(15(4)7-3)19-18(21)23-13-6-2/h6,15-16H,2,5,7-14H2,1,3-4H3,(H,19,21)/t15?,16-/m0/s1. The number of hydrogen-bond acceptors (Lipinski definition) is 4. The van der Waals surface area contributed by atoms with Crippen molar-refractivity contribution in [3.05, 3.63) is 12.7 Å². The summed E-state index contributed by atoms with van der Waals surface area (Å²) in [6, 6.07) is -0.669. The number of unbranched alkanes of at least 4 members (excludes halogenated alkanes) is 5. The molecule has 0 saturated carbocycles. The van der Waals surface area contributed by atoms with Gasteiger partial charge in [-0.15, -0.1) is 0 Å². The molecule has 0 rings (SSSR count). The molecule has 0 heterocycles. The van der Waals surface area contributed by atoms with E-state index in [4.69, 9.17) is 9.47 Å². The Bertz CT molecular complexity index is 344. The number of alkyl carbamates (subject to hydrolysis) is 1. The van der Waals surface area contributed by atoms with Crippen LogP contribution in [0.2, 0.25) is 0 Å². The highest BCUT2D eigenvalue weighted by atomic mass is 16.6. The topological polar surface area (TPSA) is 64.6 Å². The molecule has 0 aliphatic heterocycles. The van der Waals surface area contributed by atoms with Crippen molar-refractivity contribution in [2.45, 2.75) is 71.8 Å². The molecule has 0 spiro atoms. The van der Waals surface area contributed by atoms with Crippen LogP contribution in [0.4, 0.5) is 4.79 Å². The Kier molecular flexibility index (Phi) is 13.2. The zero-order valence-electron chi connectivity index (χ0n) is 14.9. The van der Waals surface area contributed by atoms with Crippen LogP contribution in [-0.4, -0.2) is 31.3 Å². The summed E-state index contributed by atoms with van der Waals surface area (Å²) < 4.78 is 10.2. The van der Waals surface area contributed by atoms with E-state index in [9.17, 15) is 9.59 Å². The second-order valence-electron chi connectivity index (χ2n) is 5.83. The number of carbonyl (C=O) groups excluding carboxylic acids is 2. The second-order valence-corrected chi connectivity index (χ2v) is 5.83. The number of ether oxygens (including phenoxy) is 2. The van der Waals surface area contributed by atoms with Crippen molar-refractivity contribution in [3.8, 4) is 0 Å². The Morgan fingerprint density at radius 3 is 2.35 bits per heavy atom. The Balaban J connectivity index is 4.15. The van der Waals surface area contributed by atoms with Gasteiger partial charge in [0.1, 0.15) is 12.6 Å². The van der Waals surface area contributed by atoms with Gasteiger partial charge in [-0.25, -0.2) is 9.59 Å². The van der Waals surface area contributed by atoms with Gasteiger partial charge >= 0.3 is 12.1 Å². The summed E-state index contributed by atoms with van der Waals surface area (Å²) >= 11 is 0. The molecule has 1 N–H and O–H groups in total. The Hall–Kier alpha value is -1.52. The minimum absolute atomic E-state index is 0.0108. The van der Waals surface area contributed by atoms with Crippen molar-refractivity contribution < 1.29 is 19.1 Å². The Morgan fingerprint density at radius 2 is 1.74 bits per heavy atom. The number of hydrogen-bond donors (Lipinski definition) is 1. The van der Waals surface area contributed by atoms with E-state index in [1.165, 1.54) is 31.8 Å². The van der Waals surface area contributed by atoms with E-state index in [1.54, 1.807) is 0 Å². The molecule has 0 aromatic carbocycles. The zero-order valence-corrected chi connectivity index (χ0v) is 14.9. The largest absolute Gasteiger partial charge is 0.464 e. The molecule has 1 amide bonds. The minimum atomic E-state index is -0.669. The minimum Gasteiger partial charge on any atom is -0.464 e. The van der Waals surface area contributed by atoms with E-state index in [0.717, 1.165) is 19.3 Å². The Morgan fingerprint density at radius 1 is 1.09 bits per heavy atom. The molecular formula is C18H33NO4. The molecule has 23 heavy (non-hydrogen) atoms. The fourth-order valence-corrected chi connectivity index (χ4v) is 2.12. The third-order valence-corrected chi connectivity index (χ3v) is 3.81. The van der Waals surface area contributed by atoms with Gasteiger partial charge in [0.05, 0.1) is 6.61 Å². The van der Waals surface area contributed by atoms with Crippen LogP contribution in [0.15, 0.2) is 12.7 Å². The Labute approximate surface area is 140 Å².